The van der Waals surface area contributed by atoms with Crippen LogP contribution in [0.15, 0.2) is 66.9 Å². The van der Waals surface area contributed by atoms with Gasteiger partial charge in [-0.25, -0.2) is 4.98 Å². The van der Waals surface area contributed by atoms with Gasteiger partial charge in [-0.15, -0.1) is 0 Å². The standard InChI is InChI=1S/C25H29N3O3/c1-3-30-22-13-12-19(17-23(22)31-4-2)14-16-27-25(29)21-11-8-15-26-24(21)28-18-20-9-6-5-7-10-20/h5-13,15,17H,3-4,14,16,18H2,1-2H3,(H,26,28)(H,27,29)/p+1. The van der Waals surface area contributed by atoms with Crippen LogP contribution in [0.25, 0.3) is 0 Å². The third-order valence-corrected chi connectivity index (χ3v) is 4.72. The first-order valence-electron chi connectivity index (χ1n) is 10.7. The number of H-pyrrole nitrogens is 1. The number of rotatable bonds is 11. The lowest BCUT2D eigenvalue weighted by atomic mass is 10.1. The van der Waals surface area contributed by atoms with Gasteiger partial charge in [-0.05, 0) is 55.7 Å². The summed E-state index contributed by atoms with van der Waals surface area (Å²) in [6.07, 6.45) is 2.50. The molecule has 0 fully saturated rings. The molecule has 6 nitrogen and oxygen atoms in total. The summed E-state index contributed by atoms with van der Waals surface area (Å²) in [4.78, 5) is 15.9. The lowest BCUT2D eigenvalue weighted by molar-refractivity contribution is -0.361. The molecule has 0 unspecified atom stereocenters. The van der Waals surface area contributed by atoms with Gasteiger partial charge in [0.05, 0.1) is 19.4 Å². The Hall–Kier alpha value is -3.54. The number of pyridine rings is 1. The average Bonchev–Trinajstić information content (AvgIpc) is 2.80. The van der Waals surface area contributed by atoms with Crippen molar-refractivity contribution in [1.82, 2.24) is 5.32 Å². The molecule has 0 atom stereocenters. The molecule has 2 aromatic carbocycles. The fourth-order valence-electron chi connectivity index (χ4n) is 3.23. The van der Waals surface area contributed by atoms with Gasteiger partial charge < -0.3 is 14.8 Å². The molecule has 0 aliphatic heterocycles. The van der Waals surface area contributed by atoms with E-state index in [9.17, 15) is 4.79 Å². The maximum absolute atomic E-state index is 12.8. The minimum Gasteiger partial charge on any atom is -0.490 e. The van der Waals surface area contributed by atoms with Crippen LogP contribution in [0, 0.1) is 0 Å². The normalized spacial score (nSPS) is 10.4. The summed E-state index contributed by atoms with van der Waals surface area (Å²) in [7, 11) is 0. The van der Waals surface area contributed by atoms with E-state index in [-0.39, 0.29) is 5.91 Å². The lowest BCUT2D eigenvalue weighted by Crippen LogP contribution is -2.28. The van der Waals surface area contributed by atoms with Gasteiger partial charge in [0.25, 0.3) is 11.7 Å². The molecular weight excluding hydrogens is 390 g/mol. The average molecular weight is 421 g/mol. The third kappa shape index (κ3) is 6.47. The molecule has 1 aromatic heterocycles. The summed E-state index contributed by atoms with van der Waals surface area (Å²) in [6, 6.07) is 19.6. The van der Waals surface area contributed by atoms with Gasteiger partial charge in [-0.2, -0.15) is 0 Å². The predicted molar refractivity (Wildman–Crippen MR) is 122 cm³/mol. The molecule has 3 rings (SSSR count). The summed E-state index contributed by atoms with van der Waals surface area (Å²) in [5.74, 6) is 2.05. The molecule has 0 bridgehead atoms. The van der Waals surface area contributed by atoms with E-state index in [0.717, 1.165) is 22.6 Å². The molecule has 1 amide bonds. The van der Waals surface area contributed by atoms with Crippen molar-refractivity contribution in [2.45, 2.75) is 26.8 Å². The van der Waals surface area contributed by atoms with E-state index < -0.39 is 0 Å². The van der Waals surface area contributed by atoms with E-state index in [1.807, 2.05) is 74.5 Å². The summed E-state index contributed by atoms with van der Waals surface area (Å²) in [6.45, 7) is 6.21. The van der Waals surface area contributed by atoms with Crippen molar-refractivity contribution in [2.75, 3.05) is 25.1 Å². The van der Waals surface area contributed by atoms with E-state index in [2.05, 4.69) is 15.6 Å². The van der Waals surface area contributed by atoms with Crippen LogP contribution < -0.4 is 25.1 Å². The highest BCUT2D eigenvalue weighted by atomic mass is 16.5. The van der Waals surface area contributed by atoms with E-state index in [4.69, 9.17) is 9.47 Å². The molecule has 162 valence electrons. The van der Waals surface area contributed by atoms with Gasteiger partial charge >= 0.3 is 0 Å². The van der Waals surface area contributed by atoms with Crippen molar-refractivity contribution in [3.8, 4) is 11.5 Å². The monoisotopic (exact) mass is 420 g/mol. The number of amides is 1. The summed E-state index contributed by atoms with van der Waals surface area (Å²) in [5, 5.41) is 6.32. The first-order chi connectivity index (χ1) is 15.2. The molecular formula is C25H30N3O3+. The molecule has 0 aliphatic carbocycles. The molecule has 3 aromatic rings. The summed E-state index contributed by atoms with van der Waals surface area (Å²) in [5.41, 5.74) is 2.81. The number of carbonyl (C=O) groups excluding carboxylic acids is 1. The lowest BCUT2D eigenvalue weighted by Gasteiger charge is -2.13. The summed E-state index contributed by atoms with van der Waals surface area (Å²) >= 11 is 0. The molecule has 0 saturated carbocycles. The SMILES string of the molecule is CCOc1ccc(CCNC(=O)c2ccc[nH+]c2NCc2ccccc2)cc1OCC. The van der Waals surface area contributed by atoms with Crippen molar-refractivity contribution in [2.24, 2.45) is 0 Å². The van der Waals surface area contributed by atoms with Crippen molar-refractivity contribution in [3.05, 3.63) is 83.6 Å². The predicted octanol–water partition coefficient (Wildman–Crippen LogP) is 3.88. The van der Waals surface area contributed by atoms with E-state index in [1.54, 1.807) is 6.20 Å². The minimum absolute atomic E-state index is 0.122. The van der Waals surface area contributed by atoms with Crippen LogP contribution in [-0.4, -0.2) is 25.7 Å². The Kier molecular flexibility index (Phi) is 8.29. The number of ether oxygens (including phenoxy) is 2. The van der Waals surface area contributed by atoms with Crippen LogP contribution >= 0.6 is 0 Å². The maximum atomic E-state index is 12.8. The van der Waals surface area contributed by atoms with Gasteiger partial charge in [-0.1, -0.05) is 36.4 Å². The molecule has 3 N–H and O–H groups in total. The molecule has 31 heavy (non-hydrogen) atoms. The van der Waals surface area contributed by atoms with Crippen LogP contribution in [0.2, 0.25) is 0 Å². The molecule has 0 spiro atoms. The van der Waals surface area contributed by atoms with Crippen LogP contribution in [0.5, 0.6) is 11.5 Å². The highest BCUT2D eigenvalue weighted by Crippen LogP contribution is 2.28. The van der Waals surface area contributed by atoms with E-state index >= 15 is 0 Å². The first-order valence-corrected chi connectivity index (χ1v) is 10.7. The number of nitrogens with one attached hydrogen (secondary N) is 3. The number of carbonyl (C=O) groups is 1. The Morgan fingerprint density at radius 3 is 2.45 bits per heavy atom. The highest BCUT2D eigenvalue weighted by molar-refractivity contribution is 5.98. The molecule has 0 radical (unpaired) electrons. The summed E-state index contributed by atoms with van der Waals surface area (Å²) < 4.78 is 11.3. The van der Waals surface area contributed by atoms with Crippen LogP contribution in [0.3, 0.4) is 0 Å². The number of benzene rings is 2. The highest BCUT2D eigenvalue weighted by Gasteiger charge is 2.16. The Morgan fingerprint density at radius 1 is 0.903 bits per heavy atom. The van der Waals surface area contributed by atoms with E-state index in [0.29, 0.717) is 44.1 Å². The van der Waals surface area contributed by atoms with Crippen molar-refractivity contribution >= 4 is 11.7 Å². The van der Waals surface area contributed by atoms with Gasteiger partial charge in [0, 0.05) is 6.54 Å². The van der Waals surface area contributed by atoms with E-state index in [1.165, 1.54) is 0 Å². The molecule has 0 aliphatic rings. The smallest absolute Gasteiger partial charge is 0.285 e. The largest absolute Gasteiger partial charge is 0.490 e. The van der Waals surface area contributed by atoms with Crippen molar-refractivity contribution in [3.63, 3.8) is 0 Å². The topological polar surface area (TPSA) is 73.7 Å². The fourth-order valence-corrected chi connectivity index (χ4v) is 3.23. The minimum atomic E-state index is -0.122. The van der Waals surface area contributed by atoms with Crippen LogP contribution in [0.4, 0.5) is 5.82 Å². The molecule has 6 heteroatoms. The van der Waals surface area contributed by atoms with Gasteiger partial charge in [0.15, 0.2) is 11.5 Å². The number of hydrogen-bond acceptors (Lipinski definition) is 4. The first kappa shape index (κ1) is 22.2. The fraction of sp³-hybridized carbons (Fsp3) is 0.280. The van der Waals surface area contributed by atoms with Gasteiger partial charge in [0.2, 0.25) is 0 Å². The van der Waals surface area contributed by atoms with Crippen LogP contribution in [-0.2, 0) is 13.0 Å². The zero-order valence-electron chi connectivity index (χ0n) is 18.1. The van der Waals surface area contributed by atoms with Gasteiger partial charge in [0.1, 0.15) is 12.1 Å². The maximum Gasteiger partial charge on any atom is 0.285 e. The van der Waals surface area contributed by atoms with Crippen molar-refractivity contribution in [1.29, 1.82) is 0 Å². The Bertz CT molecular complexity index is 977. The Balaban J connectivity index is 1.58. The van der Waals surface area contributed by atoms with Crippen molar-refractivity contribution < 1.29 is 19.3 Å². The van der Waals surface area contributed by atoms with Gasteiger partial charge in [-0.3, -0.25) is 10.1 Å². The second-order valence-electron chi connectivity index (χ2n) is 6.95. The second-order valence-corrected chi connectivity index (χ2v) is 6.95. The number of anilines is 1. The zero-order chi connectivity index (χ0) is 21.9. The third-order valence-electron chi connectivity index (χ3n) is 4.72. The quantitative estimate of drug-likeness (QED) is 0.494. The Morgan fingerprint density at radius 2 is 1.68 bits per heavy atom. The Labute approximate surface area is 183 Å². The molecule has 1 heterocycles. The number of hydrogen-bond donors (Lipinski definition) is 2. The second kappa shape index (κ2) is 11.6. The number of aromatic nitrogens is 1. The number of aromatic amines is 1. The zero-order valence-corrected chi connectivity index (χ0v) is 18.1. The molecule has 0 saturated heterocycles. The van der Waals surface area contributed by atoms with Crippen LogP contribution in [0.1, 0.15) is 35.3 Å².